The number of esters is 2. The molecule has 0 heterocycles. The van der Waals surface area contributed by atoms with Crippen LogP contribution >= 0.6 is 0 Å². The Morgan fingerprint density at radius 3 is 1.31 bits per heavy atom. The van der Waals surface area contributed by atoms with Crippen LogP contribution in [0.4, 0.5) is 0 Å². The van der Waals surface area contributed by atoms with Crippen LogP contribution in [0.15, 0.2) is 60.7 Å². The van der Waals surface area contributed by atoms with Crippen LogP contribution in [0, 0.1) is 0 Å². The monoisotopic (exact) mass is 394 g/mol. The second-order valence-corrected chi connectivity index (χ2v) is 7.65. The molecule has 2 aromatic carbocycles. The third kappa shape index (κ3) is 11.2. The molecular weight excluding hydrogens is 360 g/mol. The van der Waals surface area contributed by atoms with Gasteiger partial charge in [-0.25, -0.2) is 0 Å². The zero-order valence-corrected chi connectivity index (χ0v) is 17.5. The molecule has 156 valence electrons. The molecule has 2 aromatic rings. The lowest BCUT2D eigenvalue weighted by molar-refractivity contribution is -0.159. The lowest BCUT2D eigenvalue weighted by Crippen LogP contribution is -2.11. The van der Waals surface area contributed by atoms with Gasteiger partial charge in [-0.2, -0.15) is 0 Å². The number of rotatable bonds is 14. The van der Waals surface area contributed by atoms with Gasteiger partial charge in [0, 0.05) is 12.8 Å². The molecule has 0 aliphatic rings. The summed E-state index contributed by atoms with van der Waals surface area (Å²) in [6, 6.07) is 20.9. The molecular formula is C26H34O3. The van der Waals surface area contributed by atoms with E-state index in [1.54, 1.807) is 0 Å². The predicted molar refractivity (Wildman–Crippen MR) is 118 cm³/mol. The first-order valence-electron chi connectivity index (χ1n) is 11.1. The summed E-state index contributed by atoms with van der Waals surface area (Å²) in [5.41, 5.74) is 2.72. The molecule has 0 aliphatic carbocycles. The number of aryl methyl sites for hydroxylation is 2. The maximum atomic E-state index is 11.8. The Morgan fingerprint density at radius 1 is 0.517 bits per heavy atom. The molecule has 0 bridgehead atoms. The summed E-state index contributed by atoms with van der Waals surface area (Å²) in [4.78, 5) is 23.5. The van der Waals surface area contributed by atoms with Gasteiger partial charge in [-0.05, 0) is 49.7 Å². The van der Waals surface area contributed by atoms with Crippen LogP contribution in [0.5, 0.6) is 0 Å². The van der Waals surface area contributed by atoms with Crippen molar-refractivity contribution in [2.24, 2.45) is 0 Å². The van der Waals surface area contributed by atoms with Crippen molar-refractivity contribution in [2.75, 3.05) is 0 Å². The second kappa shape index (κ2) is 14.6. The van der Waals surface area contributed by atoms with Crippen LogP contribution < -0.4 is 0 Å². The van der Waals surface area contributed by atoms with Gasteiger partial charge in [0.15, 0.2) is 0 Å². The average molecular weight is 395 g/mol. The lowest BCUT2D eigenvalue weighted by Gasteiger charge is -2.04. The quantitative estimate of drug-likeness (QED) is 0.210. The highest BCUT2D eigenvalue weighted by Crippen LogP contribution is 2.11. The molecule has 0 aromatic heterocycles. The topological polar surface area (TPSA) is 43.4 Å². The highest BCUT2D eigenvalue weighted by molar-refractivity contribution is 5.85. The molecule has 0 spiro atoms. The van der Waals surface area contributed by atoms with Gasteiger partial charge in [0.05, 0.1) is 0 Å². The van der Waals surface area contributed by atoms with Crippen molar-refractivity contribution in [3.05, 3.63) is 71.8 Å². The minimum Gasteiger partial charge on any atom is -0.393 e. The van der Waals surface area contributed by atoms with Crippen molar-refractivity contribution in [1.82, 2.24) is 0 Å². The molecule has 0 radical (unpaired) electrons. The van der Waals surface area contributed by atoms with Gasteiger partial charge in [-0.15, -0.1) is 0 Å². The van der Waals surface area contributed by atoms with E-state index in [1.807, 2.05) is 12.1 Å². The van der Waals surface area contributed by atoms with E-state index in [-0.39, 0.29) is 11.9 Å². The van der Waals surface area contributed by atoms with Crippen LogP contribution in [-0.2, 0) is 27.2 Å². The average Bonchev–Trinajstić information content (AvgIpc) is 2.74. The molecule has 2 rings (SSSR count). The smallest absolute Gasteiger partial charge is 0.313 e. The normalized spacial score (nSPS) is 10.6. The van der Waals surface area contributed by atoms with Gasteiger partial charge >= 0.3 is 11.9 Å². The largest absolute Gasteiger partial charge is 0.393 e. The minimum atomic E-state index is -0.373. The van der Waals surface area contributed by atoms with Crippen LogP contribution in [-0.4, -0.2) is 11.9 Å². The Kier molecular flexibility index (Phi) is 11.5. The molecule has 29 heavy (non-hydrogen) atoms. The van der Waals surface area contributed by atoms with Gasteiger partial charge < -0.3 is 4.74 Å². The van der Waals surface area contributed by atoms with Crippen molar-refractivity contribution >= 4 is 11.9 Å². The summed E-state index contributed by atoms with van der Waals surface area (Å²) in [7, 11) is 0. The fourth-order valence-corrected chi connectivity index (χ4v) is 3.42. The van der Waals surface area contributed by atoms with Crippen molar-refractivity contribution in [3.8, 4) is 0 Å². The Bertz CT molecular complexity index is 633. The van der Waals surface area contributed by atoms with E-state index >= 15 is 0 Å². The predicted octanol–water partition coefficient (Wildman–Crippen LogP) is 6.44. The van der Waals surface area contributed by atoms with Crippen molar-refractivity contribution < 1.29 is 14.3 Å². The van der Waals surface area contributed by atoms with Gasteiger partial charge in [0.2, 0.25) is 0 Å². The Morgan fingerprint density at radius 2 is 0.897 bits per heavy atom. The molecule has 0 N–H and O–H groups in total. The molecule has 0 atom stereocenters. The summed E-state index contributed by atoms with van der Waals surface area (Å²) in [5.74, 6) is -0.746. The Labute approximate surface area is 175 Å². The first-order chi connectivity index (χ1) is 14.2. The molecule has 0 aliphatic heterocycles. The summed E-state index contributed by atoms with van der Waals surface area (Å²) in [6.45, 7) is 0. The first kappa shape index (κ1) is 22.9. The van der Waals surface area contributed by atoms with E-state index in [0.717, 1.165) is 64.2 Å². The SMILES string of the molecule is O=C(CCCCCCc1ccccc1)OC(=O)CCCCCCc1ccccc1. The van der Waals surface area contributed by atoms with Crippen molar-refractivity contribution in [2.45, 2.75) is 77.0 Å². The second-order valence-electron chi connectivity index (χ2n) is 7.65. The molecule has 0 saturated heterocycles. The molecule has 0 amide bonds. The highest BCUT2D eigenvalue weighted by atomic mass is 16.6. The summed E-state index contributed by atoms with van der Waals surface area (Å²) in [5, 5.41) is 0. The molecule has 0 saturated carbocycles. The number of hydrogen-bond donors (Lipinski definition) is 0. The number of benzene rings is 2. The zero-order chi connectivity index (χ0) is 20.6. The van der Waals surface area contributed by atoms with Crippen LogP contribution in [0.3, 0.4) is 0 Å². The fourth-order valence-electron chi connectivity index (χ4n) is 3.42. The number of ether oxygens (including phenoxy) is 1. The molecule has 0 fully saturated rings. The van der Waals surface area contributed by atoms with Gasteiger partial charge in [0.25, 0.3) is 0 Å². The van der Waals surface area contributed by atoms with E-state index in [0.29, 0.717) is 12.8 Å². The molecule has 3 heteroatoms. The summed E-state index contributed by atoms with van der Waals surface area (Å²) < 4.78 is 4.92. The first-order valence-corrected chi connectivity index (χ1v) is 11.1. The molecule has 0 unspecified atom stereocenters. The fraction of sp³-hybridized carbons (Fsp3) is 0.462. The van der Waals surface area contributed by atoms with E-state index in [1.165, 1.54) is 11.1 Å². The maximum Gasteiger partial charge on any atom is 0.313 e. The summed E-state index contributed by atoms with van der Waals surface area (Å²) >= 11 is 0. The number of unbranched alkanes of at least 4 members (excludes halogenated alkanes) is 6. The third-order valence-electron chi connectivity index (χ3n) is 5.11. The standard InChI is InChI=1S/C26H34O3/c27-25(21-13-3-1-7-15-23-17-9-5-10-18-23)29-26(28)22-14-4-2-8-16-24-19-11-6-12-20-24/h5-6,9-12,17-20H,1-4,7-8,13-16,21-22H2. The number of carbonyl (C=O) groups excluding carboxylic acids is 2. The van der Waals surface area contributed by atoms with Crippen LogP contribution in [0.25, 0.3) is 0 Å². The number of hydrogen-bond acceptors (Lipinski definition) is 3. The Hall–Kier alpha value is -2.42. The van der Waals surface area contributed by atoms with Crippen molar-refractivity contribution in [1.29, 1.82) is 0 Å². The third-order valence-corrected chi connectivity index (χ3v) is 5.11. The van der Waals surface area contributed by atoms with Gasteiger partial charge in [0.1, 0.15) is 0 Å². The van der Waals surface area contributed by atoms with Gasteiger partial charge in [-0.1, -0.05) is 86.3 Å². The van der Waals surface area contributed by atoms with Crippen molar-refractivity contribution in [3.63, 3.8) is 0 Å². The Balaban J connectivity index is 1.40. The highest BCUT2D eigenvalue weighted by Gasteiger charge is 2.09. The minimum absolute atomic E-state index is 0.341. The van der Waals surface area contributed by atoms with Crippen LogP contribution in [0.2, 0.25) is 0 Å². The molecule has 3 nitrogen and oxygen atoms in total. The van der Waals surface area contributed by atoms with E-state index in [9.17, 15) is 9.59 Å². The van der Waals surface area contributed by atoms with E-state index < -0.39 is 0 Å². The van der Waals surface area contributed by atoms with E-state index in [4.69, 9.17) is 4.74 Å². The maximum absolute atomic E-state index is 11.8. The number of carbonyl (C=O) groups is 2. The summed E-state index contributed by atoms with van der Waals surface area (Å²) in [6.07, 6.45) is 10.9. The van der Waals surface area contributed by atoms with E-state index in [2.05, 4.69) is 48.5 Å². The lowest BCUT2D eigenvalue weighted by atomic mass is 10.1. The zero-order valence-electron chi connectivity index (χ0n) is 17.5. The van der Waals surface area contributed by atoms with Gasteiger partial charge in [-0.3, -0.25) is 9.59 Å². The van der Waals surface area contributed by atoms with Crippen LogP contribution in [0.1, 0.15) is 75.3 Å².